The first-order chi connectivity index (χ1) is 20.2. The van der Waals surface area contributed by atoms with Crippen molar-refractivity contribution in [2.75, 3.05) is 18.6 Å². The Balaban J connectivity index is 1.33. The van der Waals surface area contributed by atoms with Gasteiger partial charge >= 0.3 is 0 Å². The van der Waals surface area contributed by atoms with E-state index in [-0.39, 0.29) is 0 Å². The second-order valence-corrected chi connectivity index (χ2v) is 10.7. The highest BCUT2D eigenvalue weighted by Gasteiger charge is 2.19. The first kappa shape index (κ1) is 23.5. The molecule has 1 aliphatic rings. The maximum absolute atomic E-state index is 5.12. The van der Waals surface area contributed by atoms with Crippen molar-refractivity contribution in [3.8, 4) is 28.2 Å². The fraction of sp³-hybridized carbons (Fsp3) is 0.0857. The molecule has 0 fully saturated rings. The number of hydrogen-bond donors (Lipinski definition) is 0. The number of para-hydroxylation sites is 1. The summed E-state index contributed by atoms with van der Waals surface area (Å²) < 4.78 is 4.50. The second kappa shape index (κ2) is 9.10. The number of nitrogens with zero attached hydrogens (tertiary/aromatic N) is 6. The summed E-state index contributed by atoms with van der Waals surface area (Å²) in [6.07, 6.45) is 6.09. The van der Waals surface area contributed by atoms with Gasteiger partial charge in [-0.3, -0.25) is 4.57 Å². The van der Waals surface area contributed by atoms with Crippen molar-refractivity contribution in [2.24, 2.45) is 7.05 Å². The summed E-state index contributed by atoms with van der Waals surface area (Å²) in [5.74, 6) is 0.939. The van der Waals surface area contributed by atoms with Gasteiger partial charge in [0.05, 0.1) is 23.2 Å². The van der Waals surface area contributed by atoms with Crippen molar-refractivity contribution in [3.05, 3.63) is 122 Å². The van der Waals surface area contributed by atoms with E-state index in [1.54, 1.807) is 0 Å². The van der Waals surface area contributed by atoms with Crippen molar-refractivity contribution < 1.29 is 0 Å². The van der Waals surface area contributed by atoms with E-state index in [0.717, 1.165) is 57.0 Å². The summed E-state index contributed by atoms with van der Waals surface area (Å²) in [4.78, 5) is 14.4. The Kier molecular flexibility index (Phi) is 5.22. The predicted octanol–water partition coefficient (Wildman–Crippen LogP) is 7.58. The van der Waals surface area contributed by atoms with Gasteiger partial charge in [-0.05, 0) is 48.0 Å². The molecule has 4 heterocycles. The van der Waals surface area contributed by atoms with Gasteiger partial charge in [-0.1, -0.05) is 60.7 Å². The molecule has 0 atom stereocenters. The predicted molar refractivity (Wildman–Crippen MR) is 168 cm³/mol. The molecular formula is C35H28N6. The van der Waals surface area contributed by atoms with E-state index >= 15 is 0 Å². The highest BCUT2D eigenvalue weighted by atomic mass is 15.3. The fourth-order valence-corrected chi connectivity index (χ4v) is 6.13. The summed E-state index contributed by atoms with van der Waals surface area (Å²) in [5, 5.41) is 2.31. The molecule has 3 aromatic heterocycles. The number of imidazole rings is 1. The van der Waals surface area contributed by atoms with E-state index in [4.69, 9.17) is 9.97 Å². The van der Waals surface area contributed by atoms with Gasteiger partial charge in [-0.15, -0.1) is 0 Å². The van der Waals surface area contributed by atoms with E-state index < -0.39 is 0 Å². The Labute approximate surface area is 238 Å². The maximum Gasteiger partial charge on any atom is 0.145 e. The molecule has 0 amide bonds. The van der Waals surface area contributed by atoms with Crippen LogP contribution in [0.3, 0.4) is 0 Å². The lowest BCUT2D eigenvalue weighted by Gasteiger charge is -2.19. The number of benzene rings is 4. The minimum atomic E-state index is 0.830. The average molecular weight is 533 g/mol. The van der Waals surface area contributed by atoms with Crippen molar-refractivity contribution in [2.45, 2.75) is 0 Å². The molecule has 0 saturated carbocycles. The lowest BCUT2D eigenvalue weighted by atomic mass is 10.0. The quantitative estimate of drug-likeness (QED) is 0.234. The lowest BCUT2D eigenvalue weighted by Crippen LogP contribution is -2.21. The Morgan fingerprint density at radius 3 is 2.39 bits per heavy atom. The molecule has 7 aromatic rings. The van der Waals surface area contributed by atoms with Crippen LogP contribution >= 0.6 is 0 Å². The molecule has 0 bridgehead atoms. The Bertz CT molecular complexity index is 2120. The summed E-state index contributed by atoms with van der Waals surface area (Å²) in [7, 11) is 4.20. The SMILES string of the molecule is CN1C=CN(c2cccc(-n3c4cc(-c5nc6cccc(-c7ccccc7)c6n5C)ccc4c4cccnc43)c2)C1. The summed E-state index contributed by atoms with van der Waals surface area (Å²) in [5.41, 5.74) is 9.84. The van der Waals surface area contributed by atoms with Crippen molar-refractivity contribution in [1.29, 1.82) is 0 Å². The highest BCUT2D eigenvalue weighted by Crippen LogP contribution is 2.36. The van der Waals surface area contributed by atoms with E-state index in [1.807, 2.05) is 12.3 Å². The van der Waals surface area contributed by atoms with Crippen LogP contribution in [0.4, 0.5) is 5.69 Å². The fourth-order valence-electron chi connectivity index (χ4n) is 6.13. The molecule has 0 radical (unpaired) electrons. The largest absolute Gasteiger partial charge is 0.361 e. The molecule has 0 unspecified atom stereocenters. The van der Waals surface area contributed by atoms with Crippen molar-refractivity contribution >= 4 is 38.7 Å². The van der Waals surface area contributed by atoms with Gasteiger partial charge in [0.1, 0.15) is 11.5 Å². The lowest BCUT2D eigenvalue weighted by molar-refractivity contribution is 0.496. The first-order valence-electron chi connectivity index (χ1n) is 13.8. The zero-order chi connectivity index (χ0) is 27.5. The molecule has 0 saturated heterocycles. The third kappa shape index (κ3) is 3.72. The number of aromatic nitrogens is 4. The number of rotatable bonds is 4. The zero-order valence-electron chi connectivity index (χ0n) is 22.9. The standard InChI is InChI=1S/C35H28N6/c1-38-19-20-40(23-38)26-11-6-12-27(22-26)41-32-21-25(16-17-29(32)30-14-8-18-36-35(30)41)34-37-31-15-7-13-28(33(31)39(34)2)24-9-4-3-5-10-24/h3-22H,23H2,1-2H3. The number of fused-ring (bicyclic) bond motifs is 4. The van der Waals surface area contributed by atoms with Gasteiger partial charge in [0.2, 0.25) is 0 Å². The summed E-state index contributed by atoms with van der Waals surface area (Å²) in [6, 6.07) is 36.4. The van der Waals surface area contributed by atoms with E-state index in [1.165, 1.54) is 16.5 Å². The minimum absolute atomic E-state index is 0.830. The summed E-state index contributed by atoms with van der Waals surface area (Å²) in [6.45, 7) is 0.830. The first-order valence-corrected chi connectivity index (χ1v) is 13.8. The smallest absolute Gasteiger partial charge is 0.145 e. The number of anilines is 1. The van der Waals surface area contributed by atoms with Crippen LogP contribution in [0.2, 0.25) is 0 Å². The van der Waals surface area contributed by atoms with Crippen molar-refractivity contribution in [3.63, 3.8) is 0 Å². The van der Waals surface area contributed by atoms with Crippen LogP contribution in [0.5, 0.6) is 0 Å². The van der Waals surface area contributed by atoms with Gasteiger partial charge in [-0.25, -0.2) is 9.97 Å². The Hall–Kier alpha value is -5.36. The molecule has 198 valence electrons. The number of hydrogen-bond acceptors (Lipinski definition) is 4. The molecule has 0 N–H and O–H groups in total. The number of pyridine rings is 1. The normalized spacial score (nSPS) is 13.3. The topological polar surface area (TPSA) is 42.1 Å². The molecular weight excluding hydrogens is 504 g/mol. The molecule has 41 heavy (non-hydrogen) atoms. The third-order valence-corrected chi connectivity index (χ3v) is 8.06. The monoisotopic (exact) mass is 532 g/mol. The zero-order valence-corrected chi connectivity index (χ0v) is 22.9. The molecule has 0 spiro atoms. The third-order valence-electron chi connectivity index (χ3n) is 8.06. The van der Waals surface area contributed by atoms with Gasteiger partial charge in [0.15, 0.2) is 0 Å². The Morgan fingerprint density at radius 1 is 0.683 bits per heavy atom. The van der Waals surface area contributed by atoms with E-state index in [0.29, 0.717) is 0 Å². The van der Waals surface area contributed by atoms with Gasteiger partial charge in [-0.2, -0.15) is 0 Å². The van der Waals surface area contributed by atoms with Crippen LogP contribution < -0.4 is 4.90 Å². The van der Waals surface area contributed by atoms with Crippen LogP contribution in [-0.2, 0) is 7.05 Å². The minimum Gasteiger partial charge on any atom is -0.361 e. The van der Waals surface area contributed by atoms with Crippen LogP contribution in [0, 0.1) is 0 Å². The maximum atomic E-state index is 5.12. The molecule has 0 aliphatic carbocycles. The van der Waals surface area contributed by atoms with Crippen molar-refractivity contribution in [1.82, 2.24) is 24.0 Å². The molecule has 4 aromatic carbocycles. The van der Waals surface area contributed by atoms with Gasteiger partial charge < -0.3 is 14.4 Å². The number of aryl methyl sites for hydroxylation is 1. The van der Waals surface area contributed by atoms with E-state index in [9.17, 15) is 0 Å². The van der Waals surface area contributed by atoms with Crippen LogP contribution in [0.1, 0.15) is 0 Å². The van der Waals surface area contributed by atoms with E-state index in [2.05, 4.69) is 142 Å². The molecule has 6 heteroatoms. The molecule has 6 nitrogen and oxygen atoms in total. The highest BCUT2D eigenvalue weighted by molar-refractivity contribution is 6.09. The summed E-state index contributed by atoms with van der Waals surface area (Å²) >= 11 is 0. The van der Waals surface area contributed by atoms with Crippen LogP contribution in [0.15, 0.2) is 122 Å². The molecule has 8 rings (SSSR count). The second-order valence-electron chi connectivity index (χ2n) is 10.7. The average Bonchev–Trinajstić information content (AvgIpc) is 3.70. The van der Waals surface area contributed by atoms with Crippen LogP contribution in [-0.4, -0.2) is 37.7 Å². The van der Waals surface area contributed by atoms with Gasteiger partial charge in [0.25, 0.3) is 0 Å². The Morgan fingerprint density at radius 2 is 1.54 bits per heavy atom. The molecule has 1 aliphatic heterocycles. The van der Waals surface area contributed by atoms with Crippen LogP contribution in [0.25, 0.3) is 61.2 Å². The van der Waals surface area contributed by atoms with Gasteiger partial charge in [0, 0.05) is 66.0 Å².